The third kappa shape index (κ3) is 3.36. The van der Waals surface area contributed by atoms with Crippen LogP contribution in [-0.2, 0) is 13.1 Å². The van der Waals surface area contributed by atoms with Gasteiger partial charge in [0.25, 0.3) is 0 Å². The highest BCUT2D eigenvalue weighted by Gasteiger charge is 2.04. The first-order valence-electron chi connectivity index (χ1n) is 6.00. The number of rotatable bonds is 4. The zero-order valence-electron chi connectivity index (χ0n) is 10.7. The van der Waals surface area contributed by atoms with Gasteiger partial charge in [0.15, 0.2) is 0 Å². The minimum atomic E-state index is -0.357. The van der Waals surface area contributed by atoms with E-state index in [-0.39, 0.29) is 5.82 Å². The Morgan fingerprint density at radius 1 is 1.32 bits per heavy atom. The first-order chi connectivity index (χ1) is 9.20. The second-order valence-electron chi connectivity index (χ2n) is 4.29. The minimum Gasteiger partial charge on any atom is -0.307 e. The van der Waals surface area contributed by atoms with Crippen molar-refractivity contribution in [1.82, 2.24) is 10.3 Å². The van der Waals surface area contributed by atoms with E-state index in [9.17, 15) is 4.39 Å². The van der Waals surface area contributed by atoms with Crippen LogP contribution in [-0.4, -0.2) is 4.98 Å². The molecule has 0 radical (unpaired) electrons. The lowest BCUT2D eigenvalue weighted by Gasteiger charge is -2.07. The van der Waals surface area contributed by atoms with E-state index < -0.39 is 0 Å². The largest absolute Gasteiger partial charge is 0.307 e. The molecule has 0 saturated carbocycles. The Kier molecular flexibility index (Phi) is 4.22. The van der Waals surface area contributed by atoms with Crippen molar-refractivity contribution in [3.8, 4) is 6.07 Å². The molecule has 1 N–H and O–H groups in total. The summed E-state index contributed by atoms with van der Waals surface area (Å²) in [5.41, 5.74) is 2.95. The van der Waals surface area contributed by atoms with E-state index in [4.69, 9.17) is 5.26 Å². The van der Waals surface area contributed by atoms with Crippen LogP contribution < -0.4 is 5.32 Å². The molecule has 4 heteroatoms. The molecule has 0 aliphatic heterocycles. The lowest BCUT2D eigenvalue weighted by Crippen LogP contribution is -2.15. The van der Waals surface area contributed by atoms with Crippen LogP contribution in [0.1, 0.15) is 22.4 Å². The van der Waals surface area contributed by atoms with Crippen molar-refractivity contribution in [2.45, 2.75) is 20.0 Å². The normalized spacial score (nSPS) is 10.2. The molecule has 1 heterocycles. The van der Waals surface area contributed by atoms with Crippen LogP contribution in [0.3, 0.4) is 0 Å². The topological polar surface area (TPSA) is 48.7 Å². The summed E-state index contributed by atoms with van der Waals surface area (Å²) in [5.74, 6) is -0.357. The molecule has 96 valence electrons. The molecule has 1 aromatic carbocycles. The predicted molar refractivity (Wildman–Crippen MR) is 70.6 cm³/mol. The number of hydrogen-bond donors (Lipinski definition) is 1. The highest BCUT2D eigenvalue weighted by atomic mass is 19.1. The molecule has 0 bridgehead atoms. The predicted octanol–water partition coefficient (Wildman–Crippen LogP) is 2.69. The van der Waals surface area contributed by atoms with Crippen LogP contribution in [0.25, 0.3) is 0 Å². The van der Waals surface area contributed by atoms with E-state index in [0.29, 0.717) is 24.2 Å². The van der Waals surface area contributed by atoms with Gasteiger partial charge in [-0.2, -0.15) is 5.26 Å². The summed E-state index contributed by atoms with van der Waals surface area (Å²) in [4.78, 5) is 4.26. The molecule has 0 amide bonds. The van der Waals surface area contributed by atoms with E-state index >= 15 is 0 Å². The van der Waals surface area contributed by atoms with Gasteiger partial charge in [-0.05, 0) is 30.7 Å². The molecule has 3 nitrogen and oxygen atoms in total. The molecule has 1 aromatic heterocycles. The Morgan fingerprint density at radius 2 is 2.16 bits per heavy atom. The van der Waals surface area contributed by atoms with Gasteiger partial charge < -0.3 is 5.32 Å². The summed E-state index contributed by atoms with van der Waals surface area (Å²) in [6, 6.07) is 10.3. The number of aromatic nitrogens is 1. The van der Waals surface area contributed by atoms with Gasteiger partial charge >= 0.3 is 0 Å². The van der Waals surface area contributed by atoms with Crippen molar-refractivity contribution in [3.05, 3.63) is 64.7 Å². The fraction of sp³-hybridized carbons (Fsp3) is 0.200. The van der Waals surface area contributed by atoms with Gasteiger partial charge in [0.1, 0.15) is 5.82 Å². The third-order valence-electron chi connectivity index (χ3n) is 2.91. The minimum absolute atomic E-state index is 0.335. The van der Waals surface area contributed by atoms with Crippen molar-refractivity contribution in [1.29, 1.82) is 5.26 Å². The molecule has 0 spiro atoms. The molecule has 0 unspecified atom stereocenters. The van der Waals surface area contributed by atoms with Gasteiger partial charge in [-0.3, -0.25) is 4.98 Å². The van der Waals surface area contributed by atoms with Crippen LogP contribution in [0.15, 0.2) is 36.5 Å². The van der Waals surface area contributed by atoms with E-state index in [0.717, 1.165) is 11.3 Å². The summed E-state index contributed by atoms with van der Waals surface area (Å²) in [5, 5.41) is 11.8. The molecule has 0 aliphatic rings. The number of hydrogen-bond acceptors (Lipinski definition) is 3. The van der Waals surface area contributed by atoms with E-state index in [2.05, 4.69) is 10.3 Å². The third-order valence-corrected chi connectivity index (χ3v) is 2.91. The molecule has 0 fully saturated rings. The van der Waals surface area contributed by atoms with E-state index in [1.165, 1.54) is 6.07 Å². The maximum atomic E-state index is 13.6. The van der Waals surface area contributed by atoms with Gasteiger partial charge in [-0.1, -0.05) is 12.1 Å². The first-order valence-corrected chi connectivity index (χ1v) is 6.00. The summed E-state index contributed by atoms with van der Waals surface area (Å²) >= 11 is 0. The molecular weight excluding hydrogens is 241 g/mol. The average molecular weight is 255 g/mol. The smallest absolute Gasteiger partial charge is 0.129 e. The monoisotopic (exact) mass is 255 g/mol. The number of aryl methyl sites for hydroxylation is 1. The molecule has 0 aliphatic carbocycles. The quantitative estimate of drug-likeness (QED) is 0.913. The average Bonchev–Trinajstić information content (AvgIpc) is 2.42. The zero-order chi connectivity index (χ0) is 13.7. The maximum absolute atomic E-state index is 13.6. The fourth-order valence-corrected chi connectivity index (χ4v) is 1.78. The van der Waals surface area contributed by atoms with Gasteiger partial charge in [0.05, 0.1) is 17.3 Å². The molecule has 0 saturated heterocycles. The van der Waals surface area contributed by atoms with E-state index in [1.54, 1.807) is 18.3 Å². The lowest BCUT2D eigenvalue weighted by atomic mass is 10.1. The van der Waals surface area contributed by atoms with Crippen molar-refractivity contribution >= 4 is 0 Å². The van der Waals surface area contributed by atoms with Crippen LogP contribution in [0.5, 0.6) is 0 Å². The molecule has 19 heavy (non-hydrogen) atoms. The standard InChI is InChI=1S/C15H14FN3/c1-11-3-2-6-19-15(11)10-18-9-13-5-4-12(8-17)7-14(13)16/h2-7,18H,9-10H2,1H3. The van der Waals surface area contributed by atoms with Gasteiger partial charge in [0, 0.05) is 24.8 Å². The van der Waals surface area contributed by atoms with E-state index in [1.807, 2.05) is 25.1 Å². The van der Waals surface area contributed by atoms with Crippen molar-refractivity contribution in [3.63, 3.8) is 0 Å². The molecular formula is C15H14FN3. The number of pyridine rings is 1. The maximum Gasteiger partial charge on any atom is 0.129 e. The van der Waals surface area contributed by atoms with Crippen LogP contribution in [0.2, 0.25) is 0 Å². The Labute approximate surface area is 111 Å². The number of nitrogens with zero attached hydrogens (tertiary/aromatic N) is 2. The van der Waals surface area contributed by atoms with Gasteiger partial charge in [-0.15, -0.1) is 0 Å². The zero-order valence-corrected chi connectivity index (χ0v) is 10.7. The highest BCUT2D eigenvalue weighted by Crippen LogP contribution is 2.10. The highest BCUT2D eigenvalue weighted by molar-refractivity contribution is 5.32. The van der Waals surface area contributed by atoms with Crippen molar-refractivity contribution < 1.29 is 4.39 Å². The van der Waals surface area contributed by atoms with Crippen molar-refractivity contribution in [2.24, 2.45) is 0 Å². The summed E-state index contributed by atoms with van der Waals surface area (Å²) in [6.45, 7) is 2.99. The van der Waals surface area contributed by atoms with Gasteiger partial charge in [0.2, 0.25) is 0 Å². The number of halogens is 1. The number of benzene rings is 1. The van der Waals surface area contributed by atoms with Crippen LogP contribution in [0, 0.1) is 24.1 Å². The Bertz CT molecular complexity index is 617. The molecule has 2 aromatic rings. The second-order valence-corrected chi connectivity index (χ2v) is 4.29. The SMILES string of the molecule is Cc1cccnc1CNCc1ccc(C#N)cc1F. The van der Waals surface area contributed by atoms with Crippen LogP contribution >= 0.6 is 0 Å². The Hall–Kier alpha value is -2.25. The lowest BCUT2D eigenvalue weighted by molar-refractivity contribution is 0.585. The molecule has 2 rings (SSSR count). The first kappa shape index (κ1) is 13.2. The number of nitriles is 1. The van der Waals surface area contributed by atoms with Crippen molar-refractivity contribution in [2.75, 3.05) is 0 Å². The van der Waals surface area contributed by atoms with Crippen LogP contribution in [0.4, 0.5) is 4.39 Å². The summed E-state index contributed by atoms with van der Waals surface area (Å²) in [6.07, 6.45) is 1.74. The summed E-state index contributed by atoms with van der Waals surface area (Å²) in [7, 11) is 0. The second kappa shape index (κ2) is 6.07. The fourth-order valence-electron chi connectivity index (χ4n) is 1.78. The molecule has 0 atom stereocenters. The Balaban J connectivity index is 1.97. The van der Waals surface area contributed by atoms with Gasteiger partial charge in [-0.25, -0.2) is 4.39 Å². The summed E-state index contributed by atoms with van der Waals surface area (Å²) < 4.78 is 13.6. The Morgan fingerprint density at radius 3 is 2.84 bits per heavy atom. The number of nitrogens with one attached hydrogen (secondary N) is 1.